The molecular weight excluding hydrogens is 188 g/mol. The molecule has 0 aliphatic carbocycles. The number of nitriles is 1. The van der Waals surface area contributed by atoms with E-state index in [0.29, 0.717) is 22.6 Å². The van der Waals surface area contributed by atoms with Gasteiger partial charge in [0, 0.05) is 0 Å². The van der Waals surface area contributed by atoms with Crippen LogP contribution in [0.1, 0.15) is 11.5 Å². The maximum absolute atomic E-state index is 8.63. The monoisotopic (exact) mass is 192 g/mol. The highest BCUT2D eigenvalue weighted by Crippen LogP contribution is 2.17. The molecule has 3 nitrogen and oxygen atoms in total. The van der Waals surface area contributed by atoms with Crippen LogP contribution in [0, 0.1) is 11.3 Å². The Hall–Kier alpha value is -1.53. The van der Waals surface area contributed by atoms with Crippen molar-refractivity contribution in [2.24, 2.45) is 0 Å². The Morgan fingerprint density at radius 2 is 2.38 bits per heavy atom. The summed E-state index contributed by atoms with van der Waals surface area (Å²) in [6, 6.07) is 7.11. The maximum Gasteiger partial charge on any atom is 0.210 e. The summed E-state index contributed by atoms with van der Waals surface area (Å²) in [5.41, 5.74) is 1.91. The molecule has 0 unspecified atom stereocenters. The summed E-state index contributed by atoms with van der Waals surface area (Å²) in [7, 11) is 0. The van der Waals surface area contributed by atoms with Crippen LogP contribution in [0.15, 0.2) is 22.6 Å². The van der Waals surface area contributed by atoms with Gasteiger partial charge in [-0.2, -0.15) is 5.26 Å². The molecular formula is C9H5ClN2O. The van der Waals surface area contributed by atoms with Crippen LogP contribution in [0.2, 0.25) is 0 Å². The third-order valence-corrected chi connectivity index (χ3v) is 1.90. The number of rotatable bonds is 1. The van der Waals surface area contributed by atoms with Gasteiger partial charge in [0.15, 0.2) is 5.58 Å². The fourth-order valence-electron chi connectivity index (χ4n) is 1.10. The van der Waals surface area contributed by atoms with Crippen LogP contribution < -0.4 is 0 Å². The minimum absolute atomic E-state index is 0.247. The van der Waals surface area contributed by atoms with Crippen LogP contribution in [0.5, 0.6) is 0 Å². The molecule has 2 rings (SSSR count). The second-order valence-electron chi connectivity index (χ2n) is 2.54. The molecule has 0 saturated carbocycles. The molecule has 0 bridgehead atoms. The summed E-state index contributed by atoms with van der Waals surface area (Å²) in [5.74, 6) is 0.725. The Balaban J connectivity index is 2.65. The molecule has 0 aliphatic heterocycles. The highest BCUT2D eigenvalue weighted by molar-refractivity contribution is 6.16. The highest BCUT2D eigenvalue weighted by atomic mass is 35.5. The molecule has 0 spiro atoms. The number of oxazole rings is 1. The van der Waals surface area contributed by atoms with E-state index in [9.17, 15) is 0 Å². The van der Waals surface area contributed by atoms with Crippen LogP contribution in [0.3, 0.4) is 0 Å². The summed E-state index contributed by atoms with van der Waals surface area (Å²) in [6.07, 6.45) is 0. The van der Waals surface area contributed by atoms with E-state index in [1.54, 1.807) is 18.2 Å². The van der Waals surface area contributed by atoms with Crippen molar-refractivity contribution in [3.63, 3.8) is 0 Å². The molecule has 0 amide bonds. The van der Waals surface area contributed by atoms with Gasteiger partial charge in [-0.05, 0) is 18.2 Å². The van der Waals surface area contributed by atoms with Gasteiger partial charge in [0.25, 0.3) is 0 Å². The number of nitrogens with zero attached hydrogens (tertiary/aromatic N) is 2. The van der Waals surface area contributed by atoms with Crippen molar-refractivity contribution in [1.29, 1.82) is 5.26 Å². The first-order valence-electron chi connectivity index (χ1n) is 3.69. The molecule has 0 N–H and O–H groups in total. The number of aromatic nitrogens is 1. The van der Waals surface area contributed by atoms with E-state index >= 15 is 0 Å². The van der Waals surface area contributed by atoms with Crippen molar-refractivity contribution in [2.75, 3.05) is 0 Å². The molecule has 0 atom stereocenters. The van der Waals surface area contributed by atoms with Crippen LogP contribution in [-0.2, 0) is 5.88 Å². The van der Waals surface area contributed by atoms with E-state index in [1.165, 1.54) is 0 Å². The molecule has 1 heterocycles. The van der Waals surface area contributed by atoms with Crippen LogP contribution in [0.4, 0.5) is 0 Å². The lowest BCUT2D eigenvalue weighted by atomic mass is 10.2. The van der Waals surface area contributed by atoms with E-state index in [4.69, 9.17) is 21.3 Å². The second kappa shape index (κ2) is 3.08. The van der Waals surface area contributed by atoms with Crippen molar-refractivity contribution in [1.82, 2.24) is 4.98 Å². The van der Waals surface area contributed by atoms with Gasteiger partial charge in [-0.25, -0.2) is 4.98 Å². The van der Waals surface area contributed by atoms with Gasteiger partial charge < -0.3 is 4.42 Å². The second-order valence-corrected chi connectivity index (χ2v) is 2.80. The lowest BCUT2D eigenvalue weighted by Gasteiger charge is -1.85. The smallest absolute Gasteiger partial charge is 0.210 e. The molecule has 1 aromatic carbocycles. The minimum atomic E-state index is 0.247. The summed E-state index contributed by atoms with van der Waals surface area (Å²) in [4.78, 5) is 4.09. The predicted octanol–water partition coefficient (Wildman–Crippen LogP) is 2.44. The van der Waals surface area contributed by atoms with Gasteiger partial charge in [0.1, 0.15) is 5.52 Å². The molecule has 1 aromatic heterocycles. The number of hydrogen-bond acceptors (Lipinski definition) is 3. The van der Waals surface area contributed by atoms with Gasteiger partial charge in [-0.3, -0.25) is 0 Å². The van der Waals surface area contributed by atoms with Gasteiger partial charge in [0.2, 0.25) is 5.89 Å². The van der Waals surface area contributed by atoms with Gasteiger partial charge >= 0.3 is 0 Å². The normalized spacial score (nSPS) is 10.2. The third-order valence-electron chi connectivity index (χ3n) is 1.68. The molecule has 0 saturated heterocycles. The first kappa shape index (κ1) is 8.09. The number of fused-ring (bicyclic) bond motifs is 1. The van der Waals surface area contributed by atoms with E-state index in [0.717, 1.165) is 0 Å². The zero-order valence-electron chi connectivity index (χ0n) is 6.62. The summed E-state index contributed by atoms with van der Waals surface area (Å²) in [6.45, 7) is 0. The van der Waals surface area contributed by atoms with Crippen molar-refractivity contribution in [3.8, 4) is 6.07 Å². The first-order valence-corrected chi connectivity index (χ1v) is 4.22. The van der Waals surface area contributed by atoms with E-state index in [2.05, 4.69) is 4.98 Å². The number of hydrogen-bond donors (Lipinski definition) is 0. The van der Waals surface area contributed by atoms with Crippen LogP contribution in [-0.4, -0.2) is 4.98 Å². The molecule has 2 aromatic rings. The lowest BCUT2D eigenvalue weighted by molar-refractivity contribution is 0.555. The van der Waals surface area contributed by atoms with E-state index < -0.39 is 0 Å². The Morgan fingerprint density at radius 1 is 1.54 bits per heavy atom. The van der Waals surface area contributed by atoms with E-state index in [1.807, 2.05) is 6.07 Å². The number of halogens is 1. The topological polar surface area (TPSA) is 49.8 Å². The van der Waals surface area contributed by atoms with E-state index in [-0.39, 0.29) is 5.88 Å². The first-order chi connectivity index (χ1) is 6.33. The minimum Gasteiger partial charge on any atom is -0.439 e. The molecule has 0 aliphatic rings. The van der Waals surface area contributed by atoms with Gasteiger partial charge in [-0.1, -0.05) is 0 Å². The van der Waals surface area contributed by atoms with Crippen molar-refractivity contribution >= 4 is 22.7 Å². The van der Waals surface area contributed by atoms with Gasteiger partial charge in [-0.15, -0.1) is 11.6 Å². The maximum atomic E-state index is 8.63. The molecule has 64 valence electrons. The number of alkyl halides is 1. The summed E-state index contributed by atoms with van der Waals surface area (Å²) in [5, 5.41) is 8.63. The zero-order valence-corrected chi connectivity index (χ0v) is 7.38. The van der Waals surface area contributed by atoms with Crippen molar-refractivity contribution < 1.29 is 4.42 Å². The Bertz CT molecular complexity index is 484. The fraction of sp³-hybridized carbons (Fsp3) is 0.111. The Kier molecular flexibility index (Phi) is 1.91. The average molecular weight is 193 g/mol. The van der Waals surface area contributed by atoms with Crippen LogP contribution in [0.25, 0.3) is 11.1 Å². The number of benzene rings is 1. The Morgan fingerprint density at radius 3 is 3.08 bits per heavy atom. The zero-order chi connectivity index (χ0) is 9.26. The van der Waals surface area contributed by atoms with Gasteiger partial charge in [0.05, 0.1) is 17.5 Å². The largest absolute Gasteiger partial charge is 0.439 e. The third kappa shape index (κ3) is 1.36. The molecule has 0 radical (unpaired) electrons. The summed E-state index contributed by atoms with van der Waals surface area (Å²) >= 11 is 5.55. The predicted molar refractivity (Wildman–Crippen MR) is 48.3 cm³/mol. The molecule has 13 heavy (non-hydrogen) atoms. The lowest BCUT2D eigenvalue weighted by Crippen LogP contribution is -1.75. The molecule has 0 fully saturated rings. The van der Waals surface area contributed by atoms with Crippen molar-refractivity contribution in [3.05, 3.63) is 29.7 Å². The van der Waals surface area contributed by atoms with Crippen molar-refractivity contribution in [2.45, 2.75) is 5.88 Å². The quantitative estimate of drug-likeness (QED) is 0.652. The SMILES string of the molecule is N#Cc1ccc2oc(CCl)nc2c1. The fourth-order valence-corrected chi connectivity index (χ4v) is 1.22. The molecule has 4 heteroatoms. The summed E-state index contributed by atoms with van der Waals surface area (Å²) < 4.78 is 5.26. The van der Waals surface area contributed by atoms with Crippen LogP contribution >= 0.6 is 11.6 Å². The standard InChI is InChI=1S/C9H5ClN2O/c10-4-9-12-7-3-6(5-11)1-2-8(7)13-9/h1-3H,4H2. The highest BCUT2D eigenvalue weighted by Gasteiger charge is 2.04. The average Bonchev–Trinajstić information content (AvgIpc) is 2.58. The Labute approximate surface area is 79.6 Å².